The summed E-state index contributed by atoms with van der Waals surface area (Å²) in [6.07, 6.45) is 13.0. The second kappa shape index (κ2) is 26.0. The van der Waals surface area contributed by atoms with Crippen molar-refractivity contribution in [1.29, 1.82) is 0 Å². The highest BCUT2D eigenvalue weighted by atomic mass is 28.4. The SMILES string of the molecule is CC[Si](CC)(CC)O[C@H]1C[C@@]2(C)O[C@@H](CC/C=C(C)\C(C)=C\CO[Si](c3ccccc3)(c3ccccc3)C(C)(C)C)[C@@H](C)C[C@@H]2O[C@@H]2C[C@@H]3O[C@@H]4CC[C@@](C)(O[Si](CC)(CC)CC)[C@@H](CCCO)O[C@H]4CC[C@@]3(C)O[C@@H]12. The van der Waals surface area contributed by atoms with E-state index in [1.165, 1.54) is 21.5 Å². The third-order valence-corrected chi connectivity index (χ3v) is 34.6. The van der Waals surface area contributed by atoms with Crippen molar-refractivity contribution in [2.75, 3.05) is 13.2 Å². The highest BCUT2D eigenvalue weighted by Crippen LogP contribution is 2.51. The van der Waals surface area contributed by atoms with E-state index >= 15 is 0 Å². The van der Waals surface area contributed by atoms with Gasteiger partial charge in [0.1, 0.15) is 6.10 Å². The molecule has 0 bridgehead atoms. The Morgan fingerprint density at radius 1 is 0.684 bits per heavy atom. The molecule has 5 aliphatic rings. The molecule has 5 heterocycles. The second-order valence-electron chi connectivity index (χ2n) is 25.8. The molecular weight excluding hydrogens is 997 g/mol. The molecule has 76 heavy (non-hydrogen) atoms. The third-order valence-electron chi connectivity index (χ3n) is 20.1. The maximum absolute atomic E-state index is 10.0. The van der Waals surface area contributed by atoms with Crippen molar-refractivity contribution >= 4 is 35.3 Å². The third kappa shape index (κ3) is 13.3. The summed E-state index contributed by atoms with van der Waals surface area (Å²) >= 11 is 0. The van der Waals surface area contributed by atoms with E-state index in [9.17, 15) is 5.11 Å². The van der Waals surface area contributed by atoms with Gasteiger partial charge in [-0.25, -0.2) is 0 Å². The minimum atomic E-state index is -2.63. The van der Waals surface area contributed by atoms with Crippen molar-refractivity contribution in [3.8, 4) is 0 Å². The van der Waals surface area contributed by atoms with Gasteiger partial charge in [-0.05, 0) is 150 Å². The van der Waals surface area contributed by atoms with Gasteiger partial charge in [-0.3, -0.25) is 0 Å². The van der Waals surface area contributed by atoms with Crippen LogP contribution in [0.2, 0.25) is 41.3 Å². The fourth-order valence-electron chi connectivity index (χ4n) is 14.4. The Labute approximate surface area is 465 Å². The van der Waals surface area contributed by atoms with Gasteiger partial charge < -0.3 is 42.1 Å². The van der Waals surface area contributed by atoms with Gasteiger partial charge in [0.2, 0.25) is 0 Å². The van der Waals surface area contributed by atoms with Gasteiger partial charge in [-0.1, -0.05) is 153 Å². The number of aliphatic hydroxyl groups is 1. The molecule has 2 aromatic carbocycles. The first-order valence-electron chi connectivity index (χ1n) is 30.5. The first kappa shape index (κ1) is 61.8. The lowest BCUT2D eigenvalue weighted by atomic mass is 9.79. The standard InChI is InChI=1S/C64H106O9Si3/c1-16-74(17-2,18-3)72-56-46-64(15)58(44-49(9)52(70-64)35-28-30-47(7)48(8)39-43-66-76(61(10,11)12,50-31-24-22-25-32-50)51-33-26-23-27-34-51)69-55-45-59-62(13,71-60(55)56)40-37-53-54(68-59)38-41-63(14,57(67-53)36-29-42-65)73-75(19-4,20-5)21-6/h22-27,30-34,39,49,52-60,65H,16-21,28-29,35-38,40-46H2,1-15H3/b47-30-,48-39+/t49-,52-,53-,54+,55+,56-,57+,58-,59-,60+,62+,63+,64+/m0/s1. The number of hydrogen-bond acceptors (Lipinski definition) is 9. The molecule has 0 aliphatic carbocycles. The fraction of sp³-hybridized carbons (Fsp3) is 0.750. The Balaban J connectivity index is 1.07. The Morgan fingerprint density at radius 3 is 1.82 bits per heavy atom. The zero-order valence-electron chi connectivity index (χ0n) is 50.3. The summed E-state index contributed by atoms with van der Waals surface area (Å²) in [7, 11) is -6.68. The average Bonchev–Trinajstić information content (AvgIpc) is 3.72. The van der Waals surface area contributed by atoms with E-state index in [4.69, 9.17) is 37.0 Å². The number of ether oxygens (including phenoxy) is 5. The number of hydrogen-bond donors (Lipinski definition) is 1. The minimum Gasteiger partial charge on any atom is -0.411 e. The first-order chi connectivity index (χ1) is 36.1. The molecule has 0 unspecified atom stereocenters. The van der Waals surface area contributed by atoms with Crippen LogP contribution in [0.15, 0.2) is 84.0 Å². The predicted molar refractivity (Wildman–Crippen MR) is 319 cm³/mol. The first-order valence-corrected chi connectivity index (χ1v) is 37.5. The Kier molecular flexibility index (Phi) is 21.1. The van der Waals surface area contributed by atoms with Crippen LogP contribution in [0.5, 0.6) is 0 Å². The summed E-state index contributed by atoms with van der Waals surface area (Å²) in [4.78, 5) is 0. The van der Waals surface area contributed by atoms with Crippen LogP contribution in [0.1, 0.15) is 174 Å². The Hall–Kier alpha value is -1.79. The number of fused-ring (bicyclic) bond motifs is 4. The molecule has 0 amide bonds. The molecule has 9 nitrogen and oxygen atoms in total. The topological polar surface area (TPSA) is 94.1 Å². The molecule has 13 atom stereocenters. The molecule has 0 aromatic heterocycles. The van der Waals surface area contributed by atoms with Gasteiger partial charge in [-0.15, -0.1) is 0 Å². The summed E-state index contributed by atoms with van der Waals surface area (Å²) in [6.45, 7) is 35.4. The quantitative estimate of drug-likeness (QED) is 0.0914. The highest BCUT2D eigenvalue weighted by Gasteiger charge is 2.60. The monoisotopic (exact) mass is 1100 g/mol. The van der Waals surface area contributed by atoms with Crippen LogP contribution >= 0.6 is 0 Å². The number of rotatable bonds is 22. The minimum absolute atomic E-state index is 0.0697. The smallest absolute Gasteiger partial charge is 0.261 e. The van der Waals surface area contributed by atoms with Gasteiger partial charge in [-0.2, -0.15) is 0 Å². The predicted octanol–water partition coefficient (Wildman–Crippen LogP) is 14.2. The van der Waals surface area contributed by atoms with Crippen molar-refractivity contribution < 1.29 is 42.1 Å². The number of benzene rings is 2. The molecule has 5 fully saturated rings. The van der Waals surface area contributed by atoms with E-state index in [0.717, 1.165) is 100 Å². The van der Waals surface area contributed by atoms with Crippen molar-refractivity contribution in [1.82, 2.24) is 0 Å². The van der Waals surface area contributed by atoms with Crippen LogP contribution < -0.4 is 10.4 Å². The van der Waals surface area contributed by atoms with Crippen molar-refractivity contribution in [3.63, 3.8) is 0 Å². The summed E-state index contributed by atoms with van der Waals surface area (Å²) < 4.78 is 59.5. The maximum Gasteiger partial charge on any atom is 0.261 e. The Bertz CT molecular complexity index is 2120. The van der Waals surface area contributed by atoms with E-state index in [-0.39, 0.29) is 66.6 Å². The zero-order valence-corrected chi connectivity index (χ0v) is 53.3. The molecule has 0 saturated carbocycles. The highest BCUT2D eigenvalue weighted by molar-refractivity contribution is 6.99. The van der Waals surface area contributed by atoms with Crippen molar-refractivity contribution in [3.05, 3.63) is 84.0 Å². The lowest BCUT2D eigenvalue weighted by Gasteiger charge is -2.50. The van der Waals surface area contributed by atoms with Gasteiger partial charge in [0, 0.05) is 19.4 Å². The maximum atomic E-state index is 10.0. The molecule has 428 valence electrons. The number of allylic oxidation sites excluding steroid dienone is 3. The van der Waals surface area contributed by atoms with Gasteiger partial charge in [0.05, 0.1) is 72.2 Å². The molecule has 2 aromatic rings. The number of aliphatic hydroxyl groups excluding tert-OH is 1. The molecule has 1 N–H and O–H groups in total. The van der Waals surface area contributed by atoms with Crippen LogP contribution in [0.25, 0.3) is 0 Å². The summed E-state index contributed by atoms with van der Waals surface area (Å²) in [5.41, 5.74) is 1.07. The van der Waals surface area contributed by atoms with Gasteiger partial charge in [0.15, 0.2) is 16.6 Å². The van der Waals surface area contributed by atoms with Crippen LogP contribution in [0, 0.1) is 5.92 Å². The molecular formula is C64H106O9Si3. The molecule has 0 radical (unpaired) electrons. The molecule has 5 saturated heterocycles. The largest absolute Gasteiger partial charge is 0.411 e. The van der Waals surface area contributed by atoms with Crippen molar-refractivity contribution in [2.45, 2.75) is 288 Å². The Morgan fingerprint density at radius 2 is 1.24 bits per heavy atom. The molecule has 0 spiro atoms. The van der Waals surface area contributed by atoms with Gasteiger partial charge >= 0.3 is 0 Å². The van der Waals surface area contributed by atoms with Crippen LogP contribution in [-0.4, -0.2) is 115 Å². The molecule has 12 heteroatoms. The van der Waals surface area contributed by atoms with Crippen LogP contribution in [0.3, 0.4) is 0 Å². The average molecular weight is 1100 g/mol. The van der Waals surface area contributed by atoms with E-state index in [1.807, 2.05) is 0 Å². The van der Waals surface area contributed by atoms with Crippen LogP contribution in [-0.2, 0) is 37.0 Å². The normalized spacial score (nSPS) is 34.0. The summed E-state index contributed by atoms with van der Waals surface area (Å²) in [5, 5.41) is 12.6. The van der Waals surface area contributed by atoms with Gasteiger partial charge in [0.25, 0.3) is 8.32 Å². The van der Waals surface area contributed by atoms with E-state index in [2.05, 4.69) is 177 Å². The second-order valence-corrected chi connectivity index (χ2v) is 39.6. The van der Waals surface area contributed by atoms with E-state index in [1.54, 1.807) is 0 Å². The lowest BCUT2D eigenvalue weighted by Crippen LogP contribution is -2.66. The fourth-order valence-corrected chi connectivity index (χ4v) is 24.9. The molecule has 7 rings (SSSR count). The van der Waals surface area contributed by atoms with E-state index in [0.29, 0.717) is 18.9 Å². The zero-order chi connectivity index (χ0) is 55.2. The molecule has 5 aliphatic heterocycles. The van der Waals surface area contributed by atoms with Crippen molar-refractivity contribution in [2.24, 2.45) is 5.92 Å². The lowest BCUT2D eigenvalue weighted by molar-refractivity contribution is -0.272. The summed E-state index contributed by atoms with van der Waals surface area (Å²) in [6, 6.07) is 28.3. The van der Waals surface area contributed by atoms with E-state index < -0.39 is 41.8 Å². The summed E-state index contributed by atoms with van der Waals surface area (Å²) in [5.74, 6) is 0.326. The van der Waals surface area contributed by atoms with Crippen LogP contribution in [0.4, 0.5) is 0 Å².